The second kappa shape index (κ2) is 9.61. The van der Waals surface area contributed by atoms with Crippen LogP contribution in [-0.4, -0.2) is 10.5 Å². The third-order valence-electron chi connectivity index (χ3n) is 4.49. The van der Waals surface area contributed by atoms with Gasteiger partial charge in [0.1, 0.15) is 6.54 Å². The van der Waals surface area contributed by atoms with Crippen molar-refractivity contribution in [2.75, 3.05) is 5.32 Å². The van der Waals surface area contributed by atoms with E-state index in [9.17, 15) is 4.79 Å². The van der Waals surface area contributed by atoms with Crippen LogP contribution >= 0.6 is 23.2 Å². The number of carbonyl (C=O) groups excluding carboxylic acids is 1. The number of nitrogens with zero attached hydrogens (tertiary/aromatic N) is 2. The molecule has 4 rings (SSSR count). The van der Waals surface area contributed by atoms with Crippen molar-refractivity contribution in [1.29, 1.82) is 0 Å². The number of hydrogen-bond donors (Lipinski definition) is 1. The molecular weight excluding hydrogens is 520 g/mol. The van der Waals surface area contributed by atoms with Crippen LogP contribution in [-0.2, 0) is 17.9 Å². The number of nitrogens with one attached hydrogen (secondary N) is 1. The molecule has 29 heavy (non-hydrogen) atoms. The molecule has 7 heteroatoms. The number of rotatable bonds is 5. The van der Waals surface area contributed by atoms with Gasteiger partial charge in [-0.3, -0.25) is 4.79 Å². The fraction of sp³-hybridized carbons (Fsp3) is 0.0909. The van der Waals surface area contributed by atoms with Crippen molar-refractivity contribution in [2.45, 2.75) is 13.1 Å². The number of aromatic nitrogens is 2. The molecule has 148 valence electrons. The lowest BCUT2D eigenvalue weighted by atomic mass is 10.2. The van der Waals surface area contributed by atoms with Crippen molar-refractivity contribution in [3.8, 4) is 0 Å². The molecule has 0 bridgehead atoms. The van der Waals surface area contributed by atoms with Crippen LogP contribution in [0.25, 0.3) is 11.0 Å². The van der Waals surface area contributed by atoms with Gasteiger partial charge in [0, 0.05) is 5.02 Å². The third-order valence-corrected chi connectivity index (χ3v) is 5.06. The Morgan fingerprint density at radius 2 is 1.69 bits per heavy atom. The van der Waals surface area contributed by atoms with Crippen LogP contribution in [0.15, 0.2) is 79.1 Å². The summed E-state index contributed by atoms with van der Waals surface area (Å²) < 4.78 is 4.08. The van der Waals surface area contributed by atoms with Crippen LogP contribution in [0.1, 0.15) is 5.56 Å². The number of imidazole rings is 1. The molecule has 0 saturated heterocycles. The van der Waals surface area contributed by atoms with E-state index in [1.165, 1.54) is 5.56 Å². The van der Waals surface area contributed by atoms with Gasteiger partial charge in [0.15, 0.2) is 17.6 Å². The van der Waals surface area contributed by atoms with Crippen molar-refractivity contribution in [1.82, 2.24) is 4.57 Å². The fourth-order valence-corrected chi connectivity index (χ4v) is 3.55. The Morgan fingerprint density at radius 1 is 0.966 bits per heavy atom. The zero-order chi connectivity index (χ0) is 19.5. The summed E-state index contributed by atoms with van der Waals surface area (Å²) in [7, 11) is 0. The third kappa shape index (κ3) is 5.10. The van der Waals surface area contributed by atoms with Crippen LogP contribution < -0.4 is 33.9 Å². The summed E-state index contributed by atoms with van der Waals surface area (Å²) in [6.07, 6.45) is 1.97. The number of anilines is 1. The largest absolute Gasteiger partial charge is 1.00 e. The van der Waals surface area contributed by atoms with Gasteiger partial charge >= 0.3 is 0 Å². The molecule has 0 spiro atoms. The summed E-state index contributed by atoms with van der Waals surface area (Å²) in [6, 6.07) is 23.3. The van der Waals surface area contributed by atoms with Gasteiger partial charge in [0.2, 0.25) is 6.33 Å². The van der Waals surface area contributed by atoms with Crippen LogP contribution in [0.4, 0.5) is 5.69 Å². The molecule has 4 aromatic rings. The summed E-state index contributed by atoms with van der Waals surface area (Å²) >= 11 is 12.1. The number of para-hydroxylation sites is 2. The Hall–Kier alpha value is -2.09. The van der Waals surface area contributed by atoms with Crippen LogP contribution in [0.5, 0.6) is 0 Å². The first-order valence-corrected chi connectivity index (χ1v) is 9.62. The van der Waals surface area contributed by atoms with E-state index in [1.54, 1.807) is 18.2 Å². The van der Waals surface area contributed by atoms with Crippen molar-refractivity contribution >= 4 is 45.8 Å². The second-order valence-electron chi connectivity index (χ2n) is 6.52. The minimum absolute atomic E-state index is 0. The first-order chi connectivity index (χ1) is 13.6. The molecule has 0 fully saturated rings. The molecular formula is C22H18Cl2IN3O. The van der Waals surface area contributed by atoms with E-state index in [2.05, 4.69) is 28.1 Å². The van der Waals surface area contributed by atoms with Crippen molar-refractivity contribution in [2.24, 2.45) is 0 Å². The summed E-state index contributed by atoms with van der Waals surface area (Å²) in [4.78, 5) is 12.6. The maximum atomic E-state index is 12.6. The van der Waals surface area contributed by atoms with Gasteiger partial charge in [0.05, 0.1) is 10.7 Å². The number of fused-ring (bicyclic) bond motifs is 1. The number of amides is 1. The Morgan fingerprint density at radius 3 is 2.48 bits per heavy atom. The molecule has 1 N–H and O–H groups in total. The minimum atomic E-state index is -0.170. The molecule has 0 saturated carbocycles. The highest BCUT2D eigenvalue weighted by Gasteiger charge is 2.18. The predicted molar refractivity (Wildman–Crippen MR) is 113 cm³/mol. The Labute approximate surface area is 196 Å². The molecule has 0 atom stereocenters. The molecule has 3 aromatic carbocycles. The lowest BCUT2D eigenvalue weighted by Crippen LogP contribution is -3.00. The summed E-state index contributed by atoms with van der Waals surface area (Å²) in [5, 5.41) is 3.81. The highest BCUT2D eigenvalue weighted by atomic mass is 127. The van der Waals surface area contributed by atoms with E-state index in [-0.39, 0.29) is 36.4 Å². The number of benzene rings is 3. The van der Waals surface area contributed by atoms with E-state index in [4.69, 9.17) is 23.2 Å². The SMILES string of the molecule is O=C(Cn1c[n+](Cc2ccccc2)c2ccccc21)Nc1cc(Cl)ccc1Cl.[I-]. The molecule has 1 heterocycles. The Balaban J connectivity index is 0.00000240. The monoisotopic (exact) mass is 537 g/mol. The van der Waals surface area contributed by atoms with E-state index in [0.29, 0.717) is 15.7 Å². The van der Waals surface area contributed by atoms with Crippen molar-refractivity contribution in [3.63, 3.8) is 0 Å². The molecule has 0 unspecified atom stereocenters. The predicted octanol–water partition coefficient (Wildman–Crippen LogP) is 1.93. The van der Waals surface area contributed by atoms with Crippen LogP contribution in [0, 0.1) is 0 Å². The second-order valence-corrected chi connectivity index (χ2v) is 7.36. The quantitative estimate of drug-likeness (QED) is 0.306. The highest BCUT2D eigenvalue weighted by Crippen LogP contribution is 2.25. The molecule has 0 radical (unpaired) electrons. The van der Waals surface area contributed by atoms with Crippen LogP contribution in [0.2, 0.25) is 10.0 Å². The maximum Gasteiger partial charge on any atom is 0.266 e. The highest BCUT2D eigenvalue weighted by molar-refractivity contribution is 6.35. The summed E-state index contributed by atoms with van der Waals surface area (Å²) in [5.41, 5.74) is 3.77. The Kier molecular flexibility index (Phi) is 7.16. The van der Waals surface area contributed by atoms with Gasteiger partial charge in [-0.05, 0) is 35.9 Å². The van der Waals surface area contributed by atoms with Crippen molar-refractivity contribution < 1.29 is 33.3 Å². The average Bonchev–Trinajstić information content (AvgIpc) is 3.03. The molecule has 0 aliphatic heterocycles. The maximum absolute atomic E-state index is 12.6. The molecule has 4 nitrogen and oxygen atoms in total. The minimum Gasteiger partial charge on any atom is -1.00 e. The average molecular weight is 538 g/mol. The number of carbonyl (C=O) groups is 1. The fourth-order valence-electron chi connectivity index (χ4n) is 3.21. The molecule has 1 aromatic heterocycles. The van der Waals surface area contributed by atoms with E-state index < -0.39 is 0 Å². The summed E-state index contributed by atoms with van der Waals surface area (Å²) in [5.74, 6) is -0.170. The van der Waals surface area contributed by atoms with E-state index in [0.717, 1.165) is 17.6 Å². The van der Waals surface area contributed by atoms with Gasteiger partial charge in [-0.15, -0.1) is 0 Å². The van der Waals surface area contributed by atoms with E-state index >= 15 is 0 Å². The standard InChI is InChI=1S/C22H17Cl2N3O.HI/c23-17-10-11-18(24)19(12-17)25-22(28)14-27-15-26(13-16-6-2-1-3-7-16)20-8-4-5-9-21(20)27;/h1-12,15H,13-14H2;1H. The normalized spacial score (nSPS) is 10.6. The molecule has 0 aliphatic carbocycles. The molecule has 1 amide bonds. The topological polar surface area (TPSA) is 37.9 Å². The van der Waals surface area contributed by atoms with Gasteiger partial charge in [-0.1, -0.05) is 65.7 Å². The molecule has 0 aliphatic rings. The lowest BCUT2D eigenvalue weighted by molar-refractivity contribution is -0.663. The number of hydrogen-bond acceptors (Lipinski definition) is 1. The first-order valence-electron chi connectivity index (χ1n) is 8.86. The zero-order valence-electron chi connectivity index (χ0n) is 15.4. The van der Waals surface area contributed by atoms with Gasteiger partial charge < -0.3 is 29.3 Å². The zero-order valence-corrected chi connectivity index (χ0v) is 19.0. The first kappa shape index (κ1) is 21.6. The van der Waals surface area contributed by atoms with Gasteiger partial charge in [0.25, 0.3) is 5.91 Å². The Bertz CT molecular complexity index is 1150. The van der Waals surface area contributed by atoms with E-state index in [1.807, 2.05) is 47.3 Å². The smallest absolute Gasteiger partial charge is 0.266 e. The summed E-state index contributed by atoms with van der Waals surface area (Å²) in [6.45, 7) is 0.904. The van der Waals surface area contributed by atoms with Crippen molar-refractivity contribution in [3.05, 3.63) is 94.7 Å². The van der Waals surface area contributed by atoms with Crippen LogP contribution in [0.3, 0.4) is 0 Å². The lowest BCUT2D eigenvalue weighted by Gasteiger charge is -2.06. The van der Waals surface area contributed by atoms with Gasteiger partial charge in [-0.25, -0.2) is 9.13 Å². The number of halogens is 3. The van der Waals surface area contributed by atoms with Gasteiger partial charge in [-0.2, -0.15) is 0 Å².